The van der Waals surface area contributed by atoms with Crippen molar-refractivity contribution in [3.63, 3.8) is 0 Å². The van der Waals surface area contributed by atoms with Gasteiger partial charge in [0.05, 0.1) is 0 Å². The molecule has 0 unspecified atom stereocenters. The van der Waals surface area contributed by atoms with E-state index in [0.717, 1.165) is 0 Å². The highest BCUT2D eigenvalue weighted by Crippen LogP contribution is 2.14. The Morgan fingerprint density at radius 3 is 2.44 bits per heavy atom. The second kappa shape index (κ2) is 7.52. The molecule has 0 atom stereocenters. The largest absolute Gasteiger partial charge is 0.322 e. The van der Waals surface area contributed by atoms with Gasteiger partial charge in [0.25, 0.3) is 0 Å². The molecule has 0 fully saturated rings. The van der Waals surface area contributed by atoms with Gasteiger partial charge in [-0.15, -0.1) is 0 Å². The third-order valence-electron chi connectivity index (χ3n) is 2.23. The van der Waals surface area contributed by atoms with Gasteiger partial charge in [-0.05, 0) is 37.3 Å². The van der Waals surface area contributed by atoms with Crippen molar-refractivity contribution >= 4 is 46.5 Å². The van der Waals surface area contributed by atoms with Crippen LogP contribution in [0, 0.1) is 0 Å². The number of hydrogen-bond donors (Lipinski definition) is 1. The topological polar surface area (TPSA) is 32.3 Å². The molecule has 0 aliphatic carbocycles. The lowest BCUT2D eigenvalue weighted by Gasteiger charge is -2.19. The van der Waals surface area contributed by atoms with E-state index in [-0.39, 0.29) is 10.5 Å². The van der Waals surface area contributed by atoms with Gasteiger partial charge in [-0.25, -0.2) is 4.79 Å². The van der Waals surface area contributed by atoms with Gasteiger partial charge in [0.15, 0.2) is 0 Å². The molecule has 0 heterocycles. The first-order valence-corrected chi connectivity index (χ1v) is 6.49. The number of likely N-dealkylation sites (N-methyl/N-ethyl adjacent to an activating group) is 1. The predicted molar refractivity (Wildman–Crippen MR) is 77.5 cm³/mol. The molecule has 0 aliphatic heterocycles. The number of urea groups is 1. The van der Waals surface area contributed by atoms with Crippen molar-refractivity contribution in [3.05, 3.63) is 39.9 Å². The summed E-state index contributed by atoms with van der Waals surface area (Å²) in [5.74, 6) is 0. The van der Waals surface area contributed by atoms with Crippen LogP contribution in [0.1, 0.15) is 6.92 Å². The molecule has 0 aromatic heterocycles. The summed E-state index contributed by atoms with van der Waals surface area (Å²) in [6.45, 7) is 2.78. The molecule has 3 nitrogen and oxygen atoms in total. The van der Waals surface area contributed by atoms with Crippen molar-refractivity contribution < 1.29 is 4.79 Å². The average Bonchev–Trinajstić information content (AvgIpc) is 2.32. The van der Waals surface area contributed by atoms with Crippen LogP contribution in [0.25, 0.3) is 0 Å². The van der Waals surface area contributed by atoms with Crippen LogP contribution in [-0.4, -0.2) is 24.0 Å². The molecule has 0 spiro atoms. The number of nitrogens with zero attached hydrogens (tertiary/aromatic N) is 1. The maximum atomic E-state index is 11.9. The Morgan fingerprint density at radius 1 is 1.33 bits per heavy atom. The van der Waals surface area contributed by atoms with Gasteiger partial charge in [0, 0.05) is 23.8 Å². The molecule has 2 amide bonds. The molecule has 0 saturated carbocycles. The number of anilines is 1. The molecule has 0 bridgehead atoms. The summed E-state index contributed by atoms with van der Waals surface area (Å²) >= 11 is 16.8. The molecule has 0 saturated heterocycles. The quantitative estimate of drug-likeness (QED) is 0.872. The predicted octanol–water partition coefficient (Wildman–Crippen LogP) is 4.51. The lowest BCUT2D eigenvalue weighted by molar-refractivity contribution is 0.219. The molecule has 6 heteroatoms. The van der Waals surface area contributed by atoms with Crippen molar-refractivity contribution in [1.82, 2.24) is 4.90 Å². The van der Waals surface area contributed by atoms with Crippen LogP contribution in [0.3, 0.4) is 0 Å². The number of halogens is 3. The number of benzene rings is 1. The van der Waals surface area contributed by atoms with E-state index in [1.807, 2.05) is 6.92 Å². The van der Waals surface area contributed by atoms with Gasteiger partial charge < -0.3 is 10.2 Å². The summed E-state index contributed by atoms with van der Waals surface area (Å²) in [4.78, 5) is 13.5. The van der Waals surface area contributed by atoms with E-state index in [0.29, 0.717) is 23.8 Å². The number of carbonyl (C=O) groups excluding carboxylic acids is 1. The Kier molecular flexibility index (Phi) is 6.33. The Morgan fingerprint density at radius 2 is 1.94 bits per heavy atom. The molecular weight excluding hydrogens is 295 g/mol. The normalized spacial score (nSPS) is 9.78. The van der Waals surface area contributed by atoms with E-state index >= 15 is 0 Å². The van der Waals surface area contributed by atoms with Crippen LogP contribution in [-0.2, 0) is 0 Å². The van der Waals surface area contributed by atoms with E-state index in [4.69, 9.17) is 34.8 Å². The van der Waals surface area contributed by atoms with E-state index in [9.17, 15) is 4.79 Å². The standard InChI is InChI=1S/C12H13Cl3N2O/c1-2-17(8-7-11(14)15)12(18)16-10-5-3-9(13)4-6-10/h3-7H,2,8H2,1H3,(H,16,18). The molecule has 1 aromatic carbocycles. The first-order valence-electron chi connectivity index (χ1n) is 5.35. The molecule has 18 heavy (non-hydrogen) atoms. The third-order valence-corrected chi connectivity index (χ3v) is 2.79. The first kappa shape index (κ1) is 15.2. The first-order chi connectivity index (χ1) is 8.52. The smallest absolute Gasteiger partial charge is 0.321 e. The van der Waals surface area contributed by atoms with E-state index in [1.54, 1.807) is 35.2 Å². The van der Waals surface area contributed by atoms with Crippen molar-refractivity contribution in [2.75, 3.05) is 18.4 Å². The fraction of sp³-hybridized carbons (Fsp3) is 0.250. The van der Waals surface area contributed by atoms with Crippen molar-refractivity contribution in [2.45, 2.75) is 6.92 Å². The van der Waals surface area contributed by atoms with Crippen LogP contribution < -0.4 is 5.32 Å². The fourth-order valence-electron chi connectivity index (χ4n) is 1.27. The second-order valence-corrected chi connectivity index (χ2v) is 4.91. The highest BCUT2D eigenvalue weighted by Gasteiger charge is 2.10. The molecule has 1 N–H and O–H groups in total. The zero-order valence-electron chi connectivity index (χ0n) is 9.79. The van der Waals surface area contributed by atoms with Gasteiger partial charge in [0.1, 0.15) is 4.49 Å². The molecule has 1 aromatic rings. The molecular formula is C12H13Cl3N2O. The van der Waals surface area contributed by atoms with Crippen LogP contribution in [0.2, 0.25) is 5.02 Å². The Bertz CT molecular complexity index is 427. The number of carbonyl (C=O) groups is 1. The minimum absolute atomic E-state index is 0.146. The Balaban J connectivity index is 2.62. The maximum Gasteiger partial charge on any atom is 0.322 e. The highest BCUT2D eigenvalue weighted by molar-refractivity contribution is 6.55. The number of amides is 2. The van der Waals surface area contributed by atoms with Gasteiger partial charge in [-0.3, -0.25) is 0 Å². The maximum absolute atomic E-state index is 11.9. The number of rotatable bonds is 4. The lowest BCUT2D eigenvalue weighted by atomic mass is 10.3. The fourth-order valence-corrected chi connectivity index (χ4v) is 1.53. The zero-order valence-corrected chi connectivity index (χ0v) is 12.1. The summed E-state index contributed by atoms with van der Waals surface area (Å²) in [5.41, 5.74) is 0.684. The Labute approximate surface area is 121 Å². The van der Waals surface area contributed by atoms with E-state index in [1.165, 1.54) is 0 Å². The lowest BCUT2D eigenvalue weighted by Crippen LogP contribution is -2.34. The van der Waals surface area contributed by atoms with Crippen LogP contribution in [0.15, 0.2) is 34.8 Å². The van der Waals surface area contributed by atoms with Gasteiger partial charge >= 0.3 is 6.03 Å². The van der Waals surface area contributed by atoms with Crippen molar-refractivity contribution in [3.8, 4) is 0 Å². The third kappa shape index (κ3) is 5.17. The second-order valence-electron chi connectivity index (χ2n) is 3.47. The van der Waals surface area contributed by atoms with Crippen molar-refractivity contribution in [2.24, 2.45) is 0 Å². The monoisotopic (exact) mass is 306 g/mol. The minimum atomic E-state index is -0.217. The SMILES string of the molecule is CCN(CC=C(Cl)Cl)C(=O)Nc1ccc(Cl)cc1. The van der Waals surface area contributed by atoms with Gasteiger partial charge in [-0.1, -0.05) is 34.8 Å². The van der Waals surface area contributed by atoms with Crippen molar-refractivity contribution in [1.29, 1.82) is 0 Å². The summed E-state index contributed by atoms with van der Waals surface area (Å²) in [5, 5.41) is 3.38. The molecule has 0 aliphatic rings. The average molecular weight is 308 g/mol. The highest BCUT2D eigenvalue weighted by atomic mass is 35.5. The molecule has 0 radical (unpaired) electrons. The van der Waals surface area contributed by atoms with E-state index < -0.39 is 0 Å². The summed E-state index contributed by atoms with van der Waals surface area (Å²) < 4.78 is 0.146. The minimum Gasteiger partial charge on any atom is -0.321 e. The summed E-state index contributed by atoms with van der Waals surface area (Å²) in [7, 11) is 0. The van der Waals surface area contributed by atoms with Crippen LogP contribution in [0.5, 0.6) is 0 Å². The number of hydrogen-bond acceptors (Lipinski definition) is 1. The van der Waals surface area contributed by atoms with E-state index in [2.05, 4.69) is 5.32 Å². The van der Waals surface area contributed by atoms with Gasteiger partial charge in [0.2, 0.25) is 0 Å². The summed E-state index contributed by atoms with van der Waals surface area (Å²) in [6, 6.07) is 6.67. The number of nitrogens with one attached hydrogen (secondary N) is 1. The van der Waals surface area contributed by atoms with Crippen LogP contribution >= 0.6 is 34.8 Å². The molecule has 98 valence electrons. The van der Waals surface area contributed by atoms with Gasteiger partial charge in [-0.2, -0.15) is 0 Å². The molecule has 1 rings (SSSR count). The Hall–Kier alpha value is -0.900. The van der Waals surface area contributed by atoms with Crippen LogP contribution in [0.4, 0.5) is 10.5 Å². The zero-order chi connectivity index (χ0) is 13.5. The summed E-state index contributed by atoms with van der Waals surface area (Å²) in [6.07, 6.45) is 1.56.